The molecule has 0 saturated heterocycles. The standard InChI is InChI=1S/C26H32ClFN3O5/c1-16-11-19(13-29-23(16)24(32)34-6)35-22(18-7-8-20(27)21(28)12-18)15-30-9-10-31(17(2)14-30)25(33)36-26(3,4)5/h7-8,11-13,22H,9-10,14-15H2,1-6H3/q+1. The molecule has 36 heavy (non-hydrogen) atoms. The molecule has 0 radical (unpaired) electrons. The van der Waals surface area contributed by atoms with Crippen LogP contribution in [-0.4, -0.2) is 71.1 Å². The Morgan fingerprint density at radius 2 is 1.97 bits per heavy atom. The zero-order chi connectivity index (χ0) is 26.6. The third-order valence-corrected chi connectivity index (χ3v) is 5.92. The molecule has 1 amide bonds. The summed E-state index contributed by atoms with van der Waals surface area (Å²) in [6.07, 6.45) is 0.498. The van der Waals surface area contributed by atoms with Crippen LogP contribution in [0, 0.1) is 12.7 Å². The second-order valence-electron chi connectivity index (χ2n) is 9.71. The number of pyridine rings is 1. The first-order valence-corrected chi connectivity index (χ1v) is 12.0. The number of aromatic nitrogens is 1. The van der Waals surface area contributed by atoms with Gasteiger partial charge in [0.1, 0.15) is 23.3 Å². The van der Waals surface area contributed by atoms with Crippen LogP contribution in [0.5, 0.6) is 5.75 Å². The van der Waals surface area contributed by atoms with Gasteiger partial charge in [0.25, 0.3) is 0 Å². The van der Waals surface area contributed by atoms with Gasteiger partial charge in [0.15, 0.2) is 18.0 Å². The van der Waals surface area contributed by atoms with Gasteiger partial charge in [-0.3, -0.25) is 4.90 Å². The molecule has 1 atom stereocenters. The molecule has 0 aliphatic carbocycles. The molecule has 8 nitrogen and oxygen atoms in total. The van der Waals surface area contributed by atoms with Gasteiger partial charge in [0, 0.05) is 13.5 Å². The summed E-state index contributed by atoms with van der Waals surface area (Å²) in [5, 5.41) is 0.0209. The van der Waals surface area contributed by atoms with Gasteiger partial charge in [-0.25, -0.2) is 14.2 Å². The van der Waals surface area contributed by atoms with E-state index in [2.05, 4.69) is 9.88 Å². The molecular formula is C26H32ClFN3O5+. The normalized spacial score (nSPS) is 15.4. The molecule has 0 N–H and O–H groups in total. The Balaban J connectivity index is 1.83. The molecule has 1 unspecified atom stereocenters. The van der Waals surface area contributed by atoms with Crippen molar-refractivity contribution in [3.05, 3.63) is 58.1 Å². The van der Waals surface area contributed by atoms with E-state index in [4.69, 9.17) is 25.8 Å². The zero-order valence-corrected chi connectivity index (χ0v) is 22.2. The number of esters is 1. The van der Waals surface area contributed by atoms with Crippen LogP contribution in [0.3, 0.4) is 0 Å². The van der Waals surface area contributed by atoms with Crippen molar-refractivity contribution in [2.24, 2.45) is 0 Å². The molecule has 1 aliphatic heterocycles. The number of aryl methyl sites for hydroxylation is 1. The number of benzene rings is 1. The largest absolute Gasteiger partial charge is 0.596 e. The lowest BCUT2D eigenvalue weighted by molar-refractivity contribution is -0.458. The van der Waals surface area contributed by atoms with Crippen LogP contribution in [0.25, 0.3) is 0 Å². The number of halogens is 2. The van der Waals surface area contributed by atoms with E-state index in [0.717, 1.165) is 5.71 Å². The van der Waals surface area contributed by atoms with Crippen LogP contribution in [0.2, 0.25) is 5.02 Å². The summed E-state index contributed by atoms with van der Waals surface area (Å²) in [4.78, 5) is 30.7. The predicted octanol–water partition coefficient (Wildman–Crippen LogP) is 4.81. The van der Waals surface area contributed by atoms with Crippen molar-refractivity contribution in [3.8, 4) is 5.75 Å². The maximum absolute atomic E-state index is 14.3. The Hall–Kier alpha value is -3.04. The maximum atomic E-state index is 14.3. The number of rotatable bonds is 6. The van der Waals surface area contributed by atoms with Gasteiger partial charge in [0.05, 0.1) is 31.4 Å². The summed E-state index contributed by atoms with van der Waals surface area (Å²) in [7, 11) is 1.29. The lowest BCUT2D eigenvalue weighted by atomic mass is 10.1. The highest BCUT2D eigenvalue weighted by molar-refractivity contribution is 6.30. The second kappa shape index (κ2) is 11.3. The highest BCUT2D eigenvalue weighted by Gasteiger charge is 2.33. The summed E-state index contributed by atoms with van der Waals surface area (Å²) in [5.74, 6) is -0.659. The van der Waals surface area contributed by atoms with Crippen molar-refractivity contribution >= 4 is 29.4 Å². The van der Waals surface area contributed by atoms with Crippen molar-refractivity contribution in [2.75, 3.05) is 33.3 Å². The first-order valence-electron chi connectivity index (χ1n) is 11.6. The molecule has 2 aromatic rings. The molecule has 1 aliphatic rings. The van der Waals surface area contributed by atoms with Crippen LogP contribution in [0.4, 0.5) is 9.18 Å². The quantitative estimate of drug-likeness (QED) is 0.399. The van der Waals surface area contributed by atoms with Crippen molar-refractivity contribution in [1.29, 1.82) is 0 Å². The predicted molar refractivity (Wildman–Crippen MR) is 134 cm³/mol. The lowest BCUT2D eigenvalue weighted by Gasteiger charge is -2.30. The molecule has 0 bridgehead atoms. The first-order chi connectivity index (χ1) is 16.9. The number of carbonyl (C=O) groups excluding carboxylic acids is 2. The minimum Gasteiger partial charge on any atom is -0.483 e. The van der Waals surface area contributed by atoms with Crippen molar-refractivity contribution in [1.82, 2.24) is 9.88 Å². The number of ether oxygens (including phenoxy) is 3. The maximum Gasteiger partial charge on any atom is 0.596 e. The molecule has 194 valence electrons. The Bertz CT molecular complexity index is 1180. The number of hydrogen-bond donors (Lipinski definition) is 0. The van der Waals surface area contributed by atoms with E-state index in [1.807, 2.05) is 27.7 Å². The van der Waals surface area contributed by atoms with E-state index in [0.29, 0.717) is 43.1 Å². The van der Waals surface area contributed by atoms with Crippen molar-refractivity contribution in [3.63, 3.8) is 0 Å². The molecular weight excluding hydrogens is 489 g/mol. The van der Waals surface area contributed by atoms with E-state index in [-0.39, 0.29) is 16.8 Å². The van der Waals surface area contributed by atoms with Crippen molar-refractivity contribution in [2.45, 2.75) is 46.3 Å². The monoisotopic (exact) mass is 520 g/mol. The Morgan fingerprint density at radius 1 is 1.25 bits per heavy atom. The summed E-state index contributed by atoms with van der Waals surface area (Å²) in [6.45, 7) is 11.1. The van der Waals surface area contributed by atoms with E-state index < -0.39 is 23.5 Å². The summed E-state index contributed by atoms with van der Waals surface area (Å²) < 4.78 is 32.5. The average Bonchev–Trinajstić information content (AvgIpc) is 2.79. The van der Waals surface area contributed by atoms with Gasteiger partial charge in [0.2, 0.25) is 0 Å². The number of hydrogen-bond acceptors (Lipinski definition) is 7. The third kappa shape index (κ3) is 7.01. The fourth-order valence-corrected chi connectivity index (χ4v) is 4.00. The van der Waals surface area contributed by atoms with E-state index in [1.54, 1.807) is 23.6 Å². The van der Waals surface area contributed by atoms with Gasteiger partial charge in [-0.2, -0.15) is 4.79 Å². The summed E-state index contributed by atoms with van der Waals surface area (Å²) in [5.41, 5.74) is 1.65. The van der Waals surface area contributed by atoms with Gasteiger partial charge < -0.3 is 14.2 Å². The fraction of sp³-hybridized carbons (Fsp3) is 0.462. The van der Waals surface area contributed by atoms with Crippen molar-refractivity contribution < 1.29 is 32.8 Å². The molecule has 0 fully saturated rings. The van der Waals surface area contributed by atoms with E-state index in [1.165, 1.54) is 25.4 Å². The van der Waals surface area contributed by atoms with Crippen LogP contribution < -0.4 is 4.74 Å². The number of carbonyl (C=O) groups is 2. The smallest absolute Gasteiger partial charge is 0.483 e. The highest BCUT2D eigenvalue weighted by atomic mass is 35.5. The molecule has 1 aromatic carbocycles. The van der Waals surface area contributed by atoms with Gasteiger partial charge in [-0.1, -0.05) is 17.7 Å². The zero-order valence-electron chi connectivity index (χ0n) is 21.4. The molecule has 2 heterocycles. The molecule has 3 rings (SSSR count). The topological polar surface area (TPSA) is 81.0 Å². The Kier molecular flexibility index (Phi) is 8.68. The number of nitrogens with zero attached hydrogens (tertiary/aromatic N) is 3. The van der Waals surface area contributed by atoms with Crippen LogP contribution >= 0.6 is 11.6 Å². The minimum atomic E-state index is -0.582. The van der Waals surface area contributed by atoms with E-state index >= 15 is 0 Å². The average molecular weight is 521 g/mol. The third-order valence-electron chi connectivity index (χ3n) is 5.62. The van der Waals surface area contributed by atoms with Crippen LogP contribution in [-0.2, 0) is 9.47 Å². The SMILES string of the molecule is COC(=O)c1ncc(OC(CN2CC[N+](C(=O)OC(C)(C)C)=C(C)C2)c2ccc(Cl)c(F)c2)cc1C. The molecule has 0 saturated carbocycles. The summed E-state index contributed by atoms with van der Waals surface area (Å²) >= 11 is 5.90. The second-order valence-corrected chi connectivity index (χ2v) is 10.1. The number of amides is 1. The van der Waals surface area contributed by atoms with Gasteiger partial charge in [-0.05, 0) is 57.0 Å². The van der Waals surface area contributed by atoms with Gasteiger partial charge in [-0.15, -0.1) is 4.58 Å². The van der Waals surface area contributed by atoms with Gasteiger partial charge >= 0.3 is 12.1 Å². The Morgan fingerprint density at radius 3 is 2.56 bits per heavy atom. The minimum absolute atomic E-state index is 0.0209. The molecule has 1 aromatic heterocycles. The highest BCUT2D eigenvalue weighted by Crippen LogP contribution is 2.27. The Labute approximate surface area is 215 Å². The first kappa shape index (κ1) is 27.5. The van der Waals surface area contributed by atoms with Crippen LogP contribution in [0.1, 0.15) is 55.4 Å². The summed E-state index contributed by atoms with van der Waals surface area (Å²) in [6, 6.07) is 6.25. The lowest BCUT2D eigenvalue weighted by Crippen LogP contribution is -2.48. The van der Waals surface area contributed by atoms with Crippen LogP contribution in [0.15, 0.2) is 30.5 Å². The molecule has 0 spiro atoms. The molecule has 10 heteroatoms. The fourth-order valence-electron chi connectivity index (χ4n) is 3.89. The number of methoxy groups -OCH3 is 1. The van der Waals surface area contributed by atoms with E-state index in [9.17, 15) is 14.0 Å².